The fourth-order valence-corrected chi connectivity index (χ4v) is 2.83. The van der Waals surface area contributed by atoms with Gasteiger partial charge in [0.05, 0.1) is 0 Å². The molecule has 3 heteroatoms. The van der Waals surface area contributed by atoms with Crippen molar-refractivity contribution in [2.75, 3.05) is 5.32 Å². The third-order valence-corrected chi connectivity index (χ3v) is 3.78. The van der Waals surface area contributed by atoms with Crippen LogP contribution in [0.25, 0.3) is 0 Å². The highest BCUT2D eigenvalue weighted by Gasteiger charge is 2.20. The predicted molar refractivity (Wildman–Crippen MR) is 77.5 cm³/mol. The zero-order valence-corrected chi connectivity index (χ0v) is 11.3. The maximum Gasteiger partial charge on any atom is 0.104 e. The Hall–Kier alpha value is -1.09. The number of anilines is 1. The third-order valence-electron chi connectivity index (χ3n) is 3.56. The molecule has 0 heterocycles. The van der Waals surface area contributed by atoms with Gasteiger partial charge in [0.15, 0.2) is 0 Å². The van der Waals surface area contributed by atoms with Crippen LogP contribution in [-0.4, -0.2) is 11.0 Å². The van der Waals surface area contributed by atoms with Crippen LogP contribution in [0.4, 0.5) is 5.69 Å². The number of thiocarbonyl (C=S) groups is 1. The Morgan fingerprint density at radius 2 is 2.18 bits per heavy atom. The fraction of sp³-hybridized carbons (Fsp3) is 0.500. The van der Waals surface area contributed by atoms with E-state index in [0.29, 0.717) is 11.0 Å². The fourth-order valence-electron chi connectivity index (χ4n) is 2.60. The molecule has 0 aliphatic heterocycles. The van der Waals surface area contributed by atoms with Crippen molar-refractivity contribution in [3.63, 3.8) is 0 Å². The van der Waals surface area contributed by atoms with Gasteiger partial charge in [-0.2, -0.15) is 0 Å². The first-order valence-electron chi connectivity index (χ1n) is 6.23. The lowest BCUT2D eigenvalue weighted by Gasteiger charge is -2.15. The zero-order valence-electron chi connectivity index (χ0n) is 10.5. The molecule has 2 atom stereocenters. The summed E-state index contributed by atoms with van der Waals surface area (Å²) in [6.07, 6.45) is 3.88. The second-order valence-electron chi connectivity index (χ2n) is 5.15. The largest absolute Gasteiger partial charge is 0.389 e. The minimum atomic E-state index is 0.475. The summed E-state index contributed by atoms with van der Waals surface area (Å²) in [4.78, 5) is 0.475. The maximum absolute atomic E-state index is 5.66. The van der Waals surface area contributed by atoms with Gasteiger partial charge in [0.1, 0.15) is 4.99 Å². The smallest absolute Gasteiger partial charge is 0.104 e. The van der Waals surface area contributed by atoms with Crippen LogP contribution in [0.2, 0.25) is 0 Å². The van der Waals surface area contributed by atoms with E-state index in [1.807, 2.05) is 6.07 Å². The van der Waals surface area contributed by atoms with E-state index in [-0.39, 0.29) is 0 Å². The van der Waals surface area contributed by atoms with Gasteiger partial charge in [-0.3, -0.25) is 0 Å². The molecule has 2 rings (SSSR count). The van der Waals surface area contributed by atoms with E-state index < -0.39 is 0 Å². The Morgan fingerprint density at radius 3 is 2.71 bits per heavy atom. The molecule has 1 fully saturated rings. The van der Waals surface area contributed by atoms with Crippen LogP contribution < -0.4 is 11.1 Å². The molecule has 1 aliphatic rings. The Morgan fingerprint density at radius 1 is 1.41 bits per heavy atom. The summed E-state index contributed by atoms with van der Waals surface area (Å²) in [6, 6.07) is 6.85. The van der Waals surface area contributed by atoms with Gasteiger partial charge in [-0.15, -0.1) is 0 Å². The van der Waals surface area contributed by atoms with E-state index in [1.54, 1.807) is 0 Å². The number of nitrogens with two attached hydrogens (primary N) is 1. The quantitative estimate of drug-likeness (QED) is 0.807. The first-order chi connectivity index (χ1) is 8.06. The number of hydrogen-bond acceptors (Lipinski definition) is 2. The standard InChI is InChI=1S/C14H20N2S/c1-9-3-4-11(7-9)16-12-5-6-13(14(15)17)10(2)8-12/h5-6,8-9,11,16H,3-4,7H2,1-2H3,(H2,15,17). The molecule has 1 aromatic rings. The minimum absolute atomic E-state index is 0.475. The summed E-state index contributed by atoms with van der Waals surface area (Å²) < 4.78 is 0. The average molecular weight is 248 g/mol. The Bertz CT molecular complexity index is 428. The van der Waals surface area contributed by atoms with E-state index in [0.717, 1.165) is 17.0 Å². The van der Waals surface area contributed by atoms with Crippen LogP contribution >= 0.6 is 12.2 Å². The van der Waals surface area contributed by atoms with E-state index >= 15 is 0 Å². The van der Waals surface area contributed by atoms with Crippen molar-refractivity contribution in [1.29, 1.82) is 0 Å². The minimum Gasteiger partial charge on any atom is -0.389 e. The molecule has 0 bridgehead atoms. The lowest BCUT2D eigenvalue weighted by Crippen LogP contribution is -2.16. The summed E-state index contributed by atoms with van der Waals surface area (Å²) in [5, 5.41) is 3.59. The molecular weight excluding hydrogens is 228 g/mol. The van der Waals surface area contributed by atoms with Gasteiger partial charge in [-0.1, -0.05) is 19.1 Å². The molecule has 0 radical (unpaired) electrons. The van der Waals surface area contributed by atoms with Crippen molar-refractivity contribution >= 4 is 22.9 Å². The molecule has 0 spiro atoms. The Balaban J connectivity index is 2.07. The highest BCUT2D eigenvalue weighted by atomic mass is 32.1. The zero-order chi connectivity index (χ0) is 12.4. The van der Waals surface area contributed by atoms with Crippen molar-refractivity contribution in [1.82, 2.24) is 0 Å². The molecule has 1 saturated carbocycles. The average Bonchev–Trinajstić information content (AvgIpc) is 2.63. The van der Waals surface area contributed by atoms with Crippen molar-refractivity contribution in [3.05, 3.63) is 29.3 Å². The van der Waals surface area contributed by atoms with Gasteiger partial charge >= 0.3 is 0 Å². The monoisotopic (exact) mass is 248 g/mol. The third kappa shape index (κ3) is 2.97. The summed E-state index contributed by atoms with van der Waals surface area (Å²) in [5.41, 5.74) is 8.96. The van der Waals surface area contributed by atoms with Crippen LogP contribution in [0.5, 0.6) is 0 Å². The lowest BCUT2D eigenvalue weighted by atomic mass is 10.1. The van der Waals surface area contributed by atoms with Crippen molar-refractivity contribution in [3.8, 4) is 0 Å². The molecular formula is C14H20N2S. The molecule has 1 aromatic carbocycles. The SMILES string of the molecule is Cc1cc(NC2CCC(C)C2)ccc1C(N)=S. The number of nitrogens with one attached hydrogen (secondary N) is 1. The van der Waals surface area contributed by atoms with Gasteiger partial charge < -0.3 is 11.1 Å². The van der Waals surface area contributed by atoms with Crippen LogP contribution in [0.15, 0.2) is 18.2 Å². The molecule has 2 unspecified atom stereocenters. The highest BCUT2D eigenvalue weighted by Crippen LogP contribution is 2.28. The molecule has 92 valence electrons. The second-order valence-corrected chi connectivity index (χ2v) is 5.59. The van der Waals surface area contributed by atoms with E-state index in [9.17, 15) is 0 Å². The molecule has 17 heavy (non-hydrogen) atoms. The van der Waals surface area contributed by atoms with Crippen molar-refractivity contribution in [2.24, 2.45) is 11.7 Å². The molecule has 0 aromatic heterocycles. The van der Waals surface area contributed by atoms with Crippen LogP contribution in [0.1, 0.15) is 37.3 Å². The van der Waals surface area contributed by atoms with Gasteiger partial charge in [0, 0.05) is 17.3 Å². The Labute approximate surface area is 109 Å². The summed E-state index contributed by atoms with van der Waals surface area (Å²) in [7, 11) is 0. The summed E-state index contributed by atoms with van der Waals surface area (Å²) in [6.45, 7) is 4.37. The predicted octanol–water partition coefficient (Wildman–Crippen LogP) is 3.23. The van der Waals surface area contributed by atoms with Gasteiger partial charge in [0.25, 0.3) is 0 Å². The van der Waals surface area contributed by atoms with Crippen LogP contribution in [0.3, 0.4) is 0 Å². The molecule has 2 nitrogen and oxygen atoms in total. The molecule has 3 N–H and O–H groups in total. The van der Waals surface area contributed by atoms with Gasteiger partial charge in [-0.25, -0.2) is 0 Å². The number of benzene rings is 1. The van der Waals surface area contributed by atoms with Crippen LogP contribution in [-0.2, 0) is 0 Å². The van der Waals surface area contributed by atoms with E-state index in [4.69, 9.17) is 18.0 Å². The van der Waals surface area contributed by atoms with E-state index in [1.165, 1.54) is 24.9 Å². The Kier molecular flexibility index (Phi) is 3.67. The number of aryl methyl sites for hydroxylation is 1. The van der Waals surface area contributed by atoms with Gasteiger partial charge in [-0.05, 0) is 55.9 Å². The van der Waals surface area contributed by atoms with Crippen molar-refractivity contribution in [2.45, 2.75) is 39.2 Å². The number of hydrogen-bond donors (Lipinski definition) is 2. The topological polar surface area (TPSA) is 38.0 Å². The highest BCUT2D eigenvalue weighted by molar-refractivity contribution is 7.80. The second kappa shape index (κ2) is 5.05. The first kappa shape index (κ1) is 12.4. The van der Waals surface area contributed by atoms with Gasteiger partial charge in [0.2, 0.25) is 0 Å². The van der Waals surface area contributed by atoms with E-state index in [2.05, 4.69) is 31.3 Å². The molecule has 1 aliphatic carbocycles. The van der Waals surface area contributed by atoms with Crippen molar-refractivity contribution < 1.29 is 0 Å². The summed E-state index contributed by atoms with van der Waals surface area (Å²) in [5.74, 6) is 0.851. The lowest BCUT2D eigenvalue weighted by molar-refractivity contribution is 0.602. The number of rotatable bonds is 3. The van der Waals surface area contributed by atoms with Crippen LogP contribution in [0, 0.1) is 12.8 Å². The maximum atomic E-state index is 5.66. The molecule has 0 saturated heterocycles. The summed E-state index contributed by atoms with van der Waals surface area (Å²) >= 11 is 5.01. The first-order valence-corrected chi connectivity index (χ1v) is 6.64. The molecule has 0 amide bonds. The normalized spacial score (nSPS) is 23.6.